The summed E-state index contributed by atoms with van der Waals surface area (Å²) in [6, 6.07) is 3.32. The summed E-state index contributed by atoms with van der Waals surface area (Å²) < 4.78 is 44.4. The number of halogens is 3. The standard InChI is InChI=1S/C20H23F3N4O3/c1-4-5-17(28)27-16-9-13(6-7-24-16)18(29)26-12(2)14-8-15(21)19(25-10-14)30-11-20(3,22)23/h6-10,12H,4-5,11H2,1-3H3,(H,26,29)(H,24,27,28). The normalized spacial score (nSPS) is 12.2. The van der Waals surface area contributed by atoms with Gasteiger partial charge >= 0.3 is 0 Å². The number of aromatic nitrogens is 2. The molecule has 2 N–H and O–H groups in total. The van der Waals surface area contributed by atoms with Gasteiger partial charge in [0.1, 0.15) is 5.82 Å². The number of alkyl halides is 2. The molecule has 0 aliphatic heterocycles. The minimum atomic E-state index is -3.12. The fourth-order valence-electron chi connectivity index (χ4n) is 2.41. The van der Waals surface area contributed by atoms with Crippen molar-refractivity contribution in [2.75, 3.05) is 11.9 Å². The first kappa shape index (κ1) is 23.1. The predicted molar refractivity (Wildman–Crippen MR) is 104 cm³/mol. The third-order valence-corrected chi connectivity index (χ3v) is 3.91. The highest BCUT2D eigenvalue weighted by Gasteiger charge is 2.23. The van der Waals surface area contributed by atoms with E-state index in [0.29, 0.717) is 25.3 Å². The van der Waals surface area contributed by atoms with Gasteiger partial charge in [0.05, 0.1) is 6.04 Å². The van der Waals surface area contributed by atoms with Gasteiger partial charge in [0, 0.05) is 31.3 Å². The molecule has 0 radical (unpaired) electrons. The zero-order chi connectivity index (χ0) is 22.3. The summed E-state index contributed by atoms with van der Waals surface area (Å²) in [5, 5.41) is 5.28. The molecule has 0 aliphatic carbocycles. The van der Waals surface area contributed by atoms with Gasteiger partial charge in [0.2, 0.25) is 5.91 Å². The van der Waals surface area contributed by atoms with Crippen LogP contribution in [-0.2, 0) is 4.79 Å². The van der Waals surface area contributed by atoms with Crippen molar-refractivity contribution in [3.8, 4) is 5.88 Å². The topological polar surface area (TPSA) is 93.2 Å². The Labute approximate surface area is 172 Å². The number of hydrogen-bond acceptors (Lipinski definition) is 5. The van der Waals surface area contributed by atoms with E-state index in [4.69, 9.17) is 0 Å². The van der Waals surface area contributed by atoms with E-state index >= 15 is 0 Å². The number of ether oxygens (including phenoxy) is 1. The first-order valence-corrected chi connectivity index (χ1v) is 9.32. The summed E-state index contributed by atoms with van der Waals surface area (Å²) in [6.45, 7) is 3.13. The molecule has 162 valence electrons. The molecule has 7 nitrogen and oxygen atoms in total. The third-order valence-electron chi connectivity index (χ3n) is 3.91. The maximum absolute atomic E-state index is 14.1. The first-order chi connectivity index (χ1) is 14.1. The number of anilines is 1. The Bertz CT molecular complexity index is 903. The Kier molecular flexibility index (Phi) is 7.73. The fraction of sp³-hybridized carbons (Fsp3) is 0.400. The van der Waals surface area contributed by atoms with E-state index in [0.717, 1.165) is 6.07 Å². The van der Waals surface area contributed by atoms with Crippen molar-refractivity contribution in [3.63, 3.8) is 0 Å². The number of hydrogen-bond donors (Lipinski definition) is 2. The lowest BCUT2D eigenvalue weighted by atomic mass is 10.1. The quantitative estimate of drug-likeness (QED) is 0.637. The van der Waals surface area contributed by atoms with Crippen LogP contribution in [0.3, 0.4) is 0 Å². The Morgan fingerprint density at radius 2 is 2.00 bits per heavy atom. The molecule has 0 aromatic carbocycles. The molecular weight excluding hydrogens is 401 g/mol. The van der Waals surface area contributed by atoms with Crippen LogP contribution in [0.2, 0.25) is 0 Å². The monoisotopic (exact) mass is 424 g/mol. The third kappa shape index (κ3) is 7.02. The molecule has 0 spiro atoms. The van der Waals surface area contributed by atoms with Crippen LogP contribution in [0, 0.1) is 5.82 Å². The van der Waals surface area contributed by atoms with E-state index in [1.165, 1.54) is 24.5 Å². The smallest absolute Gasteiger partial charge is 0.278 e. The van der Waals surface area contributed by atoms with Gasteiger partial charge in [-0.3, -0.25) is 9.59 Å². The molecule has 0 saturated heterocycles. The van der Waals surface area contributed by atoms with Crippen molar-refractivity contribution in [1.29, 1.82) is 0 Å². The van der Waals surface area contributed by atoms with Crippen LogP contribution in [0.15, 0.2) is 30.6 Å². The highest BCUT2D eigenvalue weighted by molar-refractivity contribution is 5.96. The summed E-state index contributed by atoms with van der Waals surface area (Å²) in [5.74, 6) is -5.00. The van der Waals surface area contributed by atoms with Crippen molar-refractivity contribution in [1.82, 2.24) is 15.3 Å². The molecule has 2 heterocycles. The maximum atomic E-state index is 14.1. The molecule has 1 atom stereocenters. The van der Waals surface area contributed by atoms with Gasteiger partial charge in [-0.25, -0.2) is 23.1 Å². The molecule has 2 amide bonds. The predicted octanol–water partition coefficient (Wildman–Crippen LogP) is 3.88. The number of amides is 2. The molecule has 2 rings (SSSR count). The highest BCUT2D eigenvalue weighted by atomic mass is 19.3. The van der Waals surface area contributed by atoms with Crippen LogP contribution in [-0.4, -0.2) is 34.3 Å². The van der Waals surface area contributed by atoms with Gasteiger partial charge in [0.15, 0.2) is 12.4 Å². The Balaban J connectivity index is 2.03. The number of nitrogens with one attached hydrogen (secondary N) is 2. The van der Waals surface area contributed by atoms with Crippen LogP contribution in [0.1, 0.15) is 55.6 Å². The number of carbonyl (C=O) groups is 2. The van der Waals surface area contributed by atoms with Crippen LogP contribution >= 0.6 is 0 Å². The average Bonchev–Trinajstić information content (AvgIpc) is 2.66. The highest BCUT2D eigenvalue weighted by Crippen LogP contribution is 2.21. The lowest BCUT2D eigenvalue weighted by Gasteiger charge is -2.16. The zero-order valence-electron chi connectivity index (χ0n) is 16.8. The van der Waals surface area contributed by atoms with E-state index in [1.807, 2.05) is 6.92 Å². The molecule has 0 fully saturated rings. The molecule has 30 heavy (non-hydrogen) atoms. The van der Waals surface area contributed by atoms with Crippen molar-refractivity contribution in [3.05, 3.63) is 47.5 Å². The van der Waals surface area contributed by atoms with Crippen LogP contribution in [0.25, 0.3) is 0 Å². The average molecular weight is 424 g/mol. The van der Waals surface area contributed by atoms with Crippen molar-refractivity contribution in [2.24, 2.45) is 0 Å². The van der Waals surface area contributed by atoms with Gasteiger partial charge in [-0.05, 0) is 37.1 Å². The van der Waals surface area contributed by atoms with Crippen LogP contribution < -0.4 is 15.4 Å². The largest absolute Gasteiger partial charge is 0.469 e. The lowest BCUT2D eigenvalue weighted by Crippen LogP contribution is -2.27. The second-order valence-electron chi connectivity index (χ2n) is 6.84. The Morgan fingerprint density at radius 1 is 1.27 bits per heavy atom. The van der Waals surface area contributed by atoms with Gasteiger partial charge in [-0.1, -0.05) is 6.92 Å². The SMILES string of the molecule is CCCC(=O)Nc1cc(C(=O)NC(C)c2cnc(OCC(C)(F)F)c(F)c2)ccn1. The number of nitrogens with zero attached hydrogens (tertiary/aromatic N) is 2. The van der Waals surface area contributed by atoms with Gasteiger partial charge in [-0.2, -0.15) is 0 Å². The maximum Gasteiger partial charge on any atom is 0.278 e. The van der Waals surface area contributed by atoms with E-state index in [2.05, 4.69) is 25.3 Å². The minimum Gasteiger partial charge on any atom is -0.469 e. The summed E-state index contributed by atoms with van der Waals surface area (Å²) in [7, 11) is 0. The van der Waals surface area contributed by atoms with Crippen molar-refractivity contribution in [2.45, 2.75) is 45.6 Å². The summed E-state index contributed by atoms with van der Waals surface area (Å²) in [4.78, 5) is 31.9. The Morgan fingerprint density at radius 3 is 2.63 bits per heavy atom. The van der Waals surface area contributed by atoms with Gasteiger partial charge < -0.3 is 15.4 Å². The molecule has 10 heteroatoms. The van der Waals surface area contributed by atoms with Crippen LogP contribution in [0.4, 0.5) is 19.0 Å². The molecule has 0 saturated carbocycles. The molecular formula is C20H23F3N4O3. The summed E-state index contributed by atoms with van der Waals surface area (Å²) >= 11 is 0. The minimum absolute atomic E-state index is 0.208. The summed E-state index contributed by atoms with van der Waals surface area (Å²) in [6.07, 6.45) is 3.64. The second-order valence-corrected chi connectivity index (χ2v) is 6.84. The van der Waals surface area contributed by atoms with Crippen LogP contribution in [0.5, 0.6) is 5.88 Å². The van der Waals surface area contributed by atoms with E-state index in [1.54, 1.807) is 6.92 Å². The van der Waals surface area contributed by atoms with Gasteiger partial charge in [0.25, 0.3) is 17.7 Å². The molecule has 0 aliphatic rings. The lowest BCUT2D eigenvalue weighted by molar-refractivity contribution is -0.116. The van der Waals surface area contributed by atoms with Crippen molar-refractivity contribution >= 4 is 17.6 Å². The molecule has 0 bridgehead atoms. The number of pyridine rings is 2. The zero-order valence-corrected chi connectivity index (χ0v) is 16.8. The van der Waals surface area contributed by atoms with E-state index in [-0.39, 0.29) is 17.3 Å². The van der Waals surface area contributed by atoms with E-state index in [9.17, 15) is 22.8 Å². The van der Waals surface area contributed by atoms with Gasteiger partial charge in [-0.15, -0.1) is 0 Å². The Hall–Kier alpha value is -3.17. The molecule has 1 unspecified atom stereocenters. The molecule has 2 aromatic heterocycles. The first-order valence-electron chi connectivity index (χ1n) is 9.32. The molecule has 2 aromatic rings. The fourth-order valence-corrected chi connectivity index (χ4v) is 2.41. The number of carbonyl (C=O) groups excluding carboxylic acids is 2. The number of rotatable bonds is 9. The summed E-state index contributed by atoms with van der Waals surface area (Å²) in [5.41, 5.74) is 0.573. The van der Waals surface area contributed by atoms with Crippen molar-refractivity contribution < 1.29 is 27.5 Å². The second kappa shape index (κ2) is 10.0. The van der Waals surface area contributed by atoms with E-state index < -0.39 is 36.2 Å².